The molecule has 0 saturated carbocycles. The second-order valence-corrected chi connectivity index (χ2v) is 3.86. The Morgan fingerprint density at radius 3 is 2.56 bits per heavy atom. The molecule has 1 aromatic carbocycles. The van der Waals surface area contributed by atoms with Crippen molar-refractivity contribution in [3.05, 3.63) is 35.9 Å². The second kappa shape index (κ2) is 6.07. The molecule has 0 aromatic heterocycles. The molecule has 86 valence electrons. The summed E-state index contributed by atoms with van der Waals surface area (Å²) >= 11 is 4.63. The second-order valence-electron chi connectivity index (χ2n) is 3.42. The lowest BCUT2D eigenvalue weighted by molar-refractivity contribution is -0.139. The Morgan fingerprint density at radius 2 is 2.06 bits per heavy atom. The maximum atomic E-state index is 10.9. The van der Waals surface area contributed by atoms with Crippen molar-refractivity contribution >= 4 is 23.3 Å². The average Bonchev–Trinajstić information content (AvgIpc) is 2.25. The summed E-state index contributed by atoms with van der Waals surface area (Å²) in [6, 6.07) is 8.96. The van der Waals surface area contributed by atoms with Gasteiger partial charge in [-0.2, -0.15) is 0 Å². The normalized spacial score (nSPS) is 11.8. The molecule has 0 saturated heterocycles. The summed E-state index contributed by atoms with van der Waals surface area (Å²) in [5.74, 6) is -0.941. The molecule has 0 spiro atoms. The summed E-state index contributed by atoms with van der Waals surface area (Å²) in [5.41, 5.74) is 6.35. The van der Waals surface area contributed by atoms with Crippen LogP contribution in [0.15, 0.2) is 30.3 Å². The molecular formula is C11H14N2O2S. The van der Waals surface area contributed by atoms with Crippen LogP contribution in [0.2, 0.25) is 0 Å². The van der Waals surface area contributed by atoms with Gasteiger partial charge in [-0.15, -0.1) is 0 Å². The van der Waals surface area contributed by atoms with Gasteiger partial charge in [0, 0.05) is 0 Å². The summed E-state index contributed by atoms with van der Waals surface area (Å²) in [4.78, 5) is 10.9. The van der Waals surface area contributed by atoms with Crippen molar-refractivity contribution in [2.45, 2.75) is 18.9 Å². The SMILES string of the molecule is NC(=S)NC(CCc1ccccc1)C(=O)O. The van der Waals surface area contributed by atoms with Gasteiger partial charge in [0.05, 0.1) is 0 Å². The minimum absolute atomic E-state index is 0.0143. The Labute approximate surface area is 99.5 Å². The molecule has 0 aliphatic heterocycles. The van der Waals surface area contributed by atoms with Crippen molar-refractivity contribution in [2.75, 3.05) is 0 Å². The number of aliphatic carboxylic acids is 1. The number of nitrogens with one attached hydrogen (secondary N) is 1. The zero-order valence-corrected chi connectivity index (χ0v) is 9.54. The van der Waals surface area contributed by atoms with Crippen LogP contribution in [0.3, 0.4) is 0 Å². The van der Waals surface area contributed by atoms with Crippen LogP contribution in [0.25, 0.3) is 0 Å². The highest BCUT2D eigenvalue weighted by molar-refractivity contribution is 7.80. The molecule has 1 unspecified atom stereocenters. The number of aryl methyl sites for hydroxylation is 1. The Kier molecular flexibility index (Phi) is 4.72. The van der Waals surface area contributed by atoms with Crippen LogP contribution in [-0.4, -0.2) is 22.2 Å². The fraction of sp³-hybridized carbons (Fsp3) is 0.273. The molecule has 0 aliphatic carbocycles. The van der Waals surface area contributed by atoms with E-state index in [4.69, 9.17) is 10.8 Å². The van der Waals surface area contributed by atoms with E-state index in [2.05, 4.69) is 17.5 Å². The average molecular weight is 238 g/mol. The predicted molar refractivity (Wildman–Crippen MR) is 66.1 cm³/mol. The van der Waals surface area contributed by atoms with Crippen molar-refractivity contribution in [3.63, 3.8) is 0 Å². The molecule has 0 fully saturated rings. The first kappa shape index (κ1) is 12.4. The third kappa shape index (κ3) is 4.27. The highest BCUT2D eigenvalue weighted by Gasteiger charge is 2.16. The number of carboxylic acids is 1. The Bertz CT molecular complexity index is 368. The van der Waals surface area contributed by atoms with E-state index < -0.39 is 12.0 Å². The molecule has 0 heterocycles. The van der Waals surface area contributed by atoms with Crippen molar-refractivity contribution in [1.82, 2.24) is 5.32 Å². The van der Waals surface area contributed by atoms with Gasteiger partial charge in [-0.3, -0.25) is 0 Å². The number of hydrogen-bond acceptors (Lipinski definition) is 2. The minimum Gasteiger partial charge on any atom is -0.480 e. The van der Waals surface area contributed by atoms with E-state index in [0.717, 1.165) is 5.56 Å². The summed E-state index contributed by atoms with van der Waals surface area (Å²) in [6.07, 6.45) is 1.13. The van der Waals surface area contributed by atoms with E-state index in [1.165, 1.54) is 0 Å². The van der Waals surface area contributed by atoms with Gasteiger partial charge in [0.25, 0.3) is 0 Å². The smallest absolute Gasteiger partial charge is 0.326 e. The van der Waals surface area contributed by atoms with Crippen LogP contribution < -0.4 is 11.1 Å². The van der Waals surface area contributed by atoms with E-state index >= 15 is 0 Å². The van der Waals surface area contributed by atoms with Gasteiger partial charge in [-0.25, -0.2) is 4.79 Å². The van der Waals surface area contributed by atoms with Gasteiger partial charge in [0.2, 0.25) is 0 Å². The van der Waals surface area contributed by atoms with Gasteiger partial charge < -0.3 is 16.2 Å². The van der Waals surface area contributed by atoms with Crippen LogP contribution in [0, 0.1) is 0 Å². The van der Waals surface area contributed by atoms with E-state index in [-0.39, 0.29) is 5.11 Å². The number of hydrogen-bond donors (Lipinski definition) is 3. The fourth-order valence-electron chi connectivity index (χ4n) is 1.38. The first-order valence-electron chi connectivity index (χ1n) is 4.92. The lowest BCUT2D eigenvalue weighted by atomic mass is 10.1. The lowest BCUT2D eigenvalue weighted by Crippen LogP contribution is -2.43. The number of benzene rings is 1. The molecule has 16 heavy (non-hydrogen) atoms. The lowest BCUT2D eigenvalue weighted by Gasteiger charge is -2.13. The zero-order valence-electron chi connectivity index (χ0n) is 8.72. The number of nitrogens with two attached hydrogens (primary N) is 1. The number of carboxylic acid groups (broad SMARTS) is 1. The Balaban J connectivity index is 2.50. The van der Waals surface area contributed by atoms with Gasteiger partial charge >= 0.3 is 5.97 Å². The Hall–Kier alpha value is -1.62. The first-order valence-corrected chi connectivity index (χ1v) is 5.33. The van der Waals surface area contributed by atoms with Crippen molar-refractivity contribution in [3.8, 4) is 0 Å². The maximum absolute atomic E-state index is 10.9. The molecule has 1 rings (SSSR count). The van der Waals surface area contributed by atoms with Gasteiger partial charge in [-0.1, -0.05) is 30.3 Å². The van der Waals surface area contributed by atoms with Crippen LogP contribution in [0.5, 0.6) is 0 Å². The van der Waals surface area contributed by atoms with E-state index in [0.29, 0.717) is 12.8 Å². The maximum Gasteiger partial charge on any atom is 0.326 e. The van der Waals surface area contributed by atoms with Gasteiger partial charge in [0.1, 0.15) is 6.04 Å². The highest BCUT2D eigenvalue weighted by Crippen LogP contribution is 2.05. The monoisotopic (exact) mass is 238 g/mol. The quantitative estimate of drug-likeness (QED) is 0.665. The highest BCUT2D eigenvalue weighted by atomic mass is 32.1. The third-order valence-corrected chi connectivity index (χ3v) is 2.30. The molecule has 4 N–H and O–H groups in total. The number of rotatable bonds is 5. The Morgan fingerprint density at radius 1 is 1.44 bits per heavy atom. The summed E-state index contributed by atoms with van der Waals surface area (Å²) in [5, 5.41) is 11.5. The van der Waals surface area contributed by atoms with E-state index in [9.17, 15) is 4.79 Å². The van der Waals surface area contributed by atoms with Crippen LogP contribution in [-0.2, 0) is 11.2 Å². The summed E-state index contributed by atoms with van der Waals surface area (Å²) in [7, 11) is 0. The molecule has 0 amide bonds. The molecule has 1 atom stereocenters. The number of carbonyl (C=O) groups is 1. The largest absolute Gasteiger partial charge is 0.480 e. The molecule has 1 aromatic rings. The van der Waals surface area contributed by atoms with E-state index in [1.807, 2.05) is 30.3 Å². The van der Waals surface area contributed by atoms with Gasteiger partial charge in [0.15, 0.2) is 5.11 Å². The van der Waals surface area contributed by atoms with E-state index in [1.54, 1.807) is 0 Å². The first-order chi connectivity index (χ1) is 7.59. The zero-order chi connectivity index (χ0) is 12.0. The van der Waals surface area contributed by atoms with Crippen molar-refractivity contribution in [1.29, 1.82) is 0 Å². The number of thiocarbonyl (C=S) groups is 1. The molecular weight excluding hydrogens is 224 g/mol. The molecule has 0 aliphatic rings. The standard InChI is InChI=1S/C11H14N2O2S/c12-11(16)13-9(10(14)15)7-6-8-4-2-1-3-5-8/h1-5,9H,6-7H2,(H,14,15)(H3,12,13,16). The molecule has 4 nitrogen and oxygen atoms in total. The fourth-order valence-corrected chi connectivity index (χ4v) is 1.53. The minimum atomic E-state index is -0.941. The third-order valence-electron chi connectivity index (χ3n) is 2.18. The predicted octanol–water partition coefficient (Wildman–Crippen LogP) is 0.906. The summed E-state index contributed by atoms with van der Waals surface area (Å²) < 4.78 is 0. The van der Waals surface area contributed by atoms with Crippen molar-refractivity contribution in [2.24, 2.45) is 5.73 Å². The van der Waals surface area contributed by atoms with Crippen LogP contribution in [0.1, 0.15) is 12.0 Å². The van der Waals surface area contributed by atoms with Crippen LogP contribution >= 0.6 is 12.2 Å². The van der Waals surface area contributed by atoms with Gasteiger partial charge in [-0.05, 0) is 30.6 Å². The van der Waals surface area contributed by atoms with Crippen molar-refractivity contribution < 1.29 is 9.90 Å². The molecule has 5 heteroatoms. The molecule has 0 radical (unpaired) electrons. The van der Waals surface area contributed by atoms with Crippen LogP contribution in [0.4, 0.5) is 0 Å². The molecule has 0 bridgehead atoms. The summed E-state index contributed by atoms with van der Waals surface area (Å²) in [6.45, 7) is 0. The topological polar surface area (TPSA) is 75.3 Å².